The molecule has 0 aromatic carbocycles. The van der Waals surface area contributed by atoms with Crippen molar-refractivity contribution in [3.8, 4) is 11.5 Å². The van der Waals surface area contributed by atoms with Gasteiger partial charge in [0.2, 0.25) is 5.89 Å². The van der Waals surface area contributed by atoms with Crippen molar-refractivity contribution in [2.45, 2.75) is 25.4 Å². The Morgan fingerprint density at radius 3 is 3.00 bits per heavy atom. The molecule has 21 heavy (non-hydrogen) atoms. The van der Waals surface area contributed by atoms with Crippen LogP contribution in [0.5, 0.6) is 0 Å². The number of oxazole rings is 1. The van der Waals surface area contributed by atoms with Crippen molar-refractivity contribution in [2.24, 2.45) is 0 Å². The minimum absolute atomic E-state index is 0.273. The third-order valence-electron chi connectivity index (χ3n) is 3.47. The summed E-state index contributed by atoms with van der Waals surface area (Å²) in [4.78, 5) is 4.03. The topological polar surface area (TPSA) is 100 Å². The second-order valence-electron chi connectivity index (χ2n) is 4.86. The summed E-state index contributed by atoms with van der Waals surface area (Å²) in [7, 11) is -4.15. The fraction of sp³-hybridized carbons (Fsp3) is 0.417. The molecule has 1 unspecified atom stereocenters. The first-order chi connectivity index (χ1) is 10.0. The molecular weight excluding hydrogens is 296 g/mol. The smallest absolute Gasteiger partial charge is 0.336 e. The zero-order valence-electron chi connectivity index (χ0n) is 11.2. The Morgan fingerprint density at radius 1 is 1.52 bits per heavy atom. The lowest BCUT2D eigenvalue weighted by atomic mass is 10.2. The van der Waals surface area contributed by atoms with E-state index in [1.807, 2.05) is 0 Å². The summed E-state index contributed by atoms with van der Waals surface area (Å²) in [6.07, 6.45) is 7.83. The summed E-state index contributed by atoms with van der Waals surface area (Å²) in [5, 5.41) is 4.23. The predicted molar refractivity (Wildman–Crippen MR) is 71.2 cm³/mol. The van der Waals surface area contributed by atoms with Gasteiger partial charge in [-0.05, 0) is 17.9 Å². The van der Waals surface area contributed by atoms with E-state index in [2.05, 4.69) is 10.1 Å². The van der Waals surface area contributed by atoms with Gasteiger partial charge in [-0.15, -0.1) is 0 Å². The molecule has 112 valence electrons. The Labute approximate surface area is 121 Å². The van der Waals surface area contributed by atoms with Crippen molar-refractivity contribution >= 4 is 10.3 Å². The predicted octanol–water partition coefficient (Wildman–Crippen LogP) is 0.291. The molecule has 0 saturated carbocycles. The molecule has 0 spiro atoms. The Hall–Kier alpha value is -1.84. The molecule has 0 bridgehead atoms. The van der Waals surface area contributed by atoms with Crippen molar-refractivity contribution in [3.63, 3.8) is 0 Å². The van der Waals surface area contributed by atoms with E-state index in [0.29, 0.717) is 25.4 Å². The summed E-state index contributed by atoms with van der Waals surface area (Å²) in [5.74, 6) is 0.482. The average molecular weight is 311 g/mol. The molecule has 1 N–H and O–H groups in total. The number of hydrogen-bond donors (Lipinski definition) is 1. The number of aromatic nitrogens is 3. The molecule has 3 rings (SSSR count). The van der Waals surface area contributed by atoms with E-state index >= 15 is 0 Å². The fourth-order valence-corrected chi connectivity index (χ4v) is 3.40. The van der Waals surface area contributed by atoms with Crippen molar-refractivity contribution in [3.05, 3.63) is 30.9 Å². The van der Waals surface area contributed by atoms with Crippen LogP contribution >= 0.6 is 0 Å². The van der Waals surface area contributed by atoms with E-state index in [1.54, 1.807) is 29.3 Å². The second kappa shape index (κ2) is 5.51. The van der Waals surface area contributed by atoms with E-state index in [9.17, 15) is 13.0 Å². The third-order valence-corrected chi connectivity index (χ3v) is 4.54. The van der Waals surface area contributed by atoms with Crippen molar-refractivity contribution in [1.82, 2.24) is 14.4 Å². The molecule has 3 heterocycles. The summed E-state index contributed by atoms with van der Waals surface area (Å²) in [6.45, 7) is 0.740. The lowest BCUT2D eigenvalue weighted by molar-refractivity contribution is -0.756. The third kappa shape index (κ3) is 3.09. The molecule has 1 atom stereocenters. The Bertz CT molecular complexity index is 699. The maximum absolute atomic E-state index is 11.3. The van der Waals surface area contributed by atoms with Crippen LogP contribution in [0, 0.1) is 0 Å². The van der Waals surface area contributed by atoms with Crippen LogP contribution in [0.2, 0.25) is 0 Å². The van der Waals surface area contributed by atoms with Gasteiger partial charge < -0.3 is 4.42 Å². The van der Waals surface area contributed by atoms with Crippen LogP contribution in [0.25, 0.3) is 11.5 Å². The zero-order valence-corrected chi connectivity index (χ0v) is 12.0. The molecule has 1 fully saturated rings. The molecule has 0 aliphatic carbocycles. The van der Waals surface area contributed by atoms with Crippen molar-refractivity contribution < 1.29 is 22.1 Å². The molecule has 1 saturated heterocycles. The molecule has 1 aliphatic heterocycles. The molecule has 1 aliphatic rings. The van der Waals surface area contributed by atoms with Gasteiger partial charge in [0.05, 0.1) is 17.8 Å². The highest BCUT2D eigenvalue weighted by Gasteiger charge is 2.35. The summed E-state index contributed by atoms with van der Waals surface area (Å²) in [5.41, 5.74) is 0.745. The first kappa shape index (κ1) is 14.1. The van der Waals surface area contributed by atoms with Crippen molar-refractivity contribution in [1.29, 1.82) is 0 Å². The fourth-order valence-electron chi connectivity index (χ4n) is 2.50. The van der Waals surface area contributed by atoms with Gasteiger partial charge >= 0.3 is 10.3 Å². The molecular formula is C12H15N4O4S+. The van der Waals surface area contributed by atoms with Crippen LogP contribution in [0.15, 0.2) is 35.3 Å². The molecule has 9 heteroatoms. The minimum atomic E-state index is -4.15. The Morgan fingerprint density at radius 2 is 2.38 bits per heavy atom. The number of nitrogens with zero attached hydrogens (tertiary/aromatic N) is 4. The van der Waals surface area contributed by atoms with Gasteiger partial charge in [-0.25, -0.2) is 4.98 Å². The Balaban J connectivity index is 1.73. The second-order valence-corrected chi connectivity index (χ2v) is 6.22. The van der Waals surface area contributed by atoms with Gasteiger partial charge in [0.25, 0.3) is 0 Å². The molecule has 0 amide bonds. The average Bonchev–Trinajstić information content (AvgIpc) is 3.09. The van der Waals surface area contributed by atoms with E-state index in [0.717, 1.165) is 16.3 Å². The highest BCUT2D eigenvalue weighted by molar-refractivity contribution is 7.83. The van der Waals surface area contributed by atoms with E-state index in [1.165, 1.54) is 6.26 Å². The summed E-state index contributed by atoms with van der Waals surface area (Å²) >= 11 is 0. The van der Waals surface area contributed by atoms with Crippen molar-refractivity contribution in [2.75, 3.05) is 6.54 Å². The summed E-state index contributed by atoms with van der Waals surface area (Å²) < 4.78 is 39.7. The largest absolute Gasteiger partial charge is 0.444 e. The summed E-state index contributed by atoms with van der Waals surface area (Å²) in [6, 6.07) is 1.52. The van der Waals surface area contributed by atoms with Gasteiger partial charge in [0.15, 0.2) is 12.7 Å². The van der Waals surface area contributed by atoms with E-state index in [-0.39, 0.29) is 6.04 Å². The first-order valence-corrected chi connectivity index (χ1v) is 7.93. The quantitative estimate of drug-likeness (QED) is 0.643. The zero-order chi connectivity index (χ0) is 14.9. The van der Waals surface area contributed by atoms with Crippen LogP contribution in [0.1, 0.15) is 12.8 Å². The number of hydrogen-bond acceptors (Lipinski definition) is 5. The van der Waals surface area contributed by atoms with E-state index < -0.39 is 10.3 Å². The van der Waals surface area contributed by atoms with Crippen LogP contribution in [0.3, 0.4) is 0 Å². The normalized spacial score (nSPS) is 20.0. The highest BCUT2D eigenvalue weighted by atomic mass is 32.2. The maximum atomic E-state index is 11.3. The molecule has 2 aromatic heterocycles. The standard InChI is InChI=1S/C12H14N4O4S/c17-21(18,19)16-5-1-2-11(16)9-15-6-3-10(8-14-15)12-13-4-7-20-12/h3-4,6-8,11H,1-2,5,9H2/p+1. The van der Waals surface area contributed by atoms with Gasteiger partial charge in [-0.1, -0.05) is 4.68 Å². The van der Waals surface area contributed by atoms with E-state index in [4.69, 9.17) is 4.42 Å². The van der Waals surface area contributed by atoms with Gasteiger partial charge in [-0.3, -0.25) is 4.55 Å². The van der Waals surface area contributed by atoms with Crippen LogP contribution in [-0.2, 0) is 16.8 Å². The lowest BCUT2D eigenvalue weighted by Crippen LogP contribution is -2.48. The lowest BCUT2D eigenvalue weighted by Gasteiger charge is -2.17. The van der Waals surface area contributed by atoms with Crippen LogP contribution in [-0.4, -0.2) is 39.9 Å². The molecule has 0 radical (unpaired) electrons. The maximum Gasteiger partial charge on any atom is 0.336 e. The molecule has 8 nitrogen and oxygen atoms in total. The SMILES string of the molecule is O=S(=O)(O)N1CCCC1C[n+]1ccc(-c2ncco2)cn1. The highest BCUT2D eigenvalue weighted by Crippen LogP contribution is 2.20. The van der Waals surface area contributed by atoms with Crippen LogP contribution in [0.4, 0.5) is 0 Å². The molecule has 2 aromatic rings. The monoisotopic (exact) mass is 311 g/mol. The van der Waals surface area contributed by atoms with Gasteiger partial charge in [-0.2, -0.15) is 12.7 Å². The van der Waals surface area contributed by atoms with Crippen LogP contribution < -0.4 is 4.68 Å². The van der Waals surface area contributed by atoms with Gasteiger partial charge in [0.1, 0.15) is 12.5 Å². The minimum Gasteiger partial charge on any atom is -0.444 e. The van der Waals surface area contributed by atoms with Gasteiger partial charge in [0, 0.05) is 12.6 Å². The Kier molecular flexibility index (Phi) is 3.70. The first-order valence-electron chi connectivity index (χ1n) is 6.54. The number of rotatable bonds is 4.